The van der Waals surface area contributed by atoms with Gasteiger partial charge >= 0.3 is 0 Å². The quantitative estimate of drug-likeness (QED) is 0.514. The summed E-state index contributed by atoms with van der Waals surface area (Å²) in [5, 5.41) is 11.9. The van der Waals surface area contributed by atoms with Gasteiger partial charge in [-0.05, 0) is 26.0 Å². The molecule has 2 heterocycles. The van der Waals surface area contributed by atoms with Crippen molar-refractivity contribution in [3.05, 3.63) is 62.0 Å². The number of nitro groups is 1. The van der Waals surface area contributed by atoms with Gasteiger partial charge in [-0.25, -0.2) is 0 Å². The molecular formula is C17H16N2O4S. The van der Waals surface area contributed by atoms with E-state index in [4.69, 9.17) is 4.42 Å². The molecule has 0 spiro atoms. The molecule has 124 valence electrons. The highest BCUT2D eigenvalue weighted by Gasteiger charge is 2.26. The minimum absolute atomic E-state index is 0.0202. The van der Waals surface area contributed by atoms with Crippen molar-refractivity contribution in [1.82, 2.24) is 4.90 Å². The molecule has 0 fully saturated rings. The number of thiophene rings is 1. The molecule has 1 amide bonds. The van der Waals surface area contributed by atoms with Gasteiger partial charge in [0.2, 0.25) is 0 Å². The van der Waals surface area contributed by atoms with Gasteiger partial charge in [-0.3, -0.25) is 14.9 Å². The molecular weight excluding hydrogens is 328 g/mol. The van der Waals surface area contributed by atoms with E-state index in [1.807, 2.05) is 37.3 Å². The van der Waals surface area contributed by atoms with E-state index in [2.05, 4.69) is 0 Å². The number of hydrogen-bond donors (Lipinski definition) is 0. The number of hydrogen-bond acceptors (Lipinski definition) is 5. The highest BCUT2D eigenvalue weighted by atomic mass is 32.1. The van der Waals surface area contributed by atoms with E-state index in [0.717, 1.165) is 22.3 Å². The number of amides is 1. The topological polar surface area (TPSA) is 76.6 Å². The van der Waals surface area contributed by atoms with Gasteiger partial charge in [0.1, 0.15) is 11.3 Å². The van der Waals surface area contributed by atoms with Crippen molar-refractivity contribution in [2.24, 2.45) is 0 Å². The third kappa shape index (κ3) is 2.78. The van der Waals surface area contributed by atoms with Crippen molar-refractivity contribution < 1.29 is 14.1 Å². The number of para-hydroxylation sites is 1. The summed E-state index contributed by atoms with van der Waals surface area (Å²) in [6, 6.07) is 10.6. The molecule has 0 bridgehead atoms. The average Bonchev–Trinajstić information content (AvgIpc) is 3.16. The molecule has 2 aromatic heterocycles. The lowest BCUT2D eigenvalue weighted by Gasteiger charge is -2.22. The average molecular weight is 344 g/mol. The molecule has 7 heteroatoms. The lowest BCUT2D eigenvalue weighted by molar-refractivity contribution is -0.385. The molecule has 0 saturated carbocycles. The third-order valence-corrected chi connectivity index (χ3v) is 5.08. The molecule has 1 unspecified atom stereocenters. The van der Waals surface area contributed by atoms with Gasteiger partial charge in [-0.2, -0.15) is 0 Å². The lowest BCUT2D eigenvalue weighted by atomic mass is 10.2. The van der Waals surface area contributed by atoms with Crippen LogP contribution in [0.15, 0.2) is 40.8 Å². The predicted octanol–water partition coefficient (Wildman–Crippen LogP) is 4.54. The van der Waals surface area contributed by atoms with Gasteiger partial charge in [0.05, 0.1) is 20.7 Å². The summed E-state index contributed by atoms with van der Waals surface area (Å²) in [6.45, 7) is 3.51. The Bertz CT molecular complexity index is 895. The molecule has 0 saturated heterocycles. The molecule has 0 aliphatic heterocycles. The van der Waals surface area contributed by atoms with Gasteiger partial charge in [0.25, 0.3) is 11.6 Å². The second-order valence-corrected chi connectivity index (χ2v) is 6.84. The molecule has 0 aliphatic rings. The summed E-state index contributed by atoms with van der Waals surface area (Å²) in [7, 11) is 1.67. The first-order valence-electron chi connectivity index (χ1n) is 7.39. The van der Waals surface area contributed by atoms with E-state index in [1.165, 1.54) is 11.0 Å². The van der Waals surface area contributed by atoms with E-state index >= 15 is 0 Å². The Labute approximate surface area is 142 Å². The third-order valence-electron chi connectivity index (χ3n) is 4.06. The molecule has 1 aromatic carbocycles. The van der Waals surface area contributed by atoms with E-state index in [9.17, 15) is 14.9 Å². The first-order valence-corrected chi connectivity index (χ1v) is 8.20. The zero-order valence-corrected chi connectivity index (χ0v) is 14.3. The molecule has 6 nitrogen and oxygen atoms in total. The fourth-order valence-electron chi connectivity index (χ4n) is 2.51. The van der Waals surface area contributed by atoms with Crippen molar-refractivity contribution in [3.63, 3.8) is 0 Å². The second-order valence-electron chi connectivity index (χ2n) is 5.59. The Morgan fingerprint density at radius 1 is 1.33 bits per heavy atom. The first-order chi connectivity index (χ1) is 11.4. The highest BCUT2D eigenvalue weighted by molar-refractivity contribution is 7.14. The number of nitrogens with zero attached hydrogens (tertiary/aromatic N) is 2. The molecule has 3 rings (SSSR count). The lowest BCUT2D eigenvalue weighted by Crippen LogP contribution is -2.28. The summed E-state index contributed by atoms with van der Waals surface area (Å²) in [4.78, 5) is 25.5. The summed E-state index contributed by atoms with van der Waals surface area (Å²) in [5.74, 6) is 0.416. The normalized spacial score (nSPS) is 12.3. The smallest absolute Gasteiger partial charge is 0.283 e. The number of carbonyl (C=O) groups is 1. The molecule has 0 aliphatic carbocycles. The van der Waals surface area contributed by atoms with Crippen LogP contribution >= 0.6 is 11.3 Å². The first kappa shape index (κ1) is 16.2. The van der Waals surface area contributed by atoms with Crippen LogP contribution in [0.3, 0.4) is 0 Å². The van der Waals surface area contributed by atoms with Crippen LogP contribution in [0.1, 0.15) is 33.3 Å². The van der Waals surface area contributed by atoms with E-state index in [-0.39, 0.29) is 17.6 Å². The predicted molar refractivity (Wildman–Crippen MR) is 92.4 cm³/mol. The van der Waals surface area contributed by atoms with Crippen molar-refractivity contribution in [1.29, 1.82) is 0 Å². The molecule has 3 aromatic rings. The van der Waals surface area contributed by atoms with E-state index < -0.39 is 4.92 Å². The Morgan fingerprint density at radius 3 is 2.67 bits per heavy atom. The van der Waals surface area contributed by atoms with Crippen LogP contribution < -0.4 is 0 Å². The van der Waals surface area contributed by atoms with Crippen molar-refractivity contribution in [3.8, 4) is 0 Å². The SMILES string of the molecule is Cc1sc(C(=O)N(C)C(C)c2cc3ccccc3o2)cc1[N+](=O)[O-]. The van der Waals surface area contributed by atoms with Crippen molar-refractivity contribution >= 4 is 33.9 Å². The number of rotatable bonds is 4. The highest BCUT2D eigenvalue weighted by Crippen LogP contribution is 2.32. The number of fused-ring (bicyclic) bond motifs is 1. The second kappa shape index (κ2) is 6.09. The van der Waals surface area contributed by atoms with Crippen molar-refractivity contribution in [2.75, 3.05) is 7.05 Å². The summed E-state index contributed by atoms with van der Waals surface area (Å²) in [6.07, 6.45) is 0. The monoisotopic (exact) mass is 344 g/mol. The largest absolute Gasteiger partial charge is 0.459 e. The number of furan rings is 1. The standard InChI is InChI=1S/C17H16N2O4S/c1-10(15-8-12-6-4-5-7-14(12)23-15)18(3)17(20)16-9-13(19(21)22)11(2)24-16/h4-10H,1-3H3. The van der Waals surface area contributed by atoms with Crippen LogP contribution in [0.2, 0.25) is 0 Å². The summed E-state index contributed by atoms with van der Waals surface area (Å²) in [5.41, 5.74) is 0.746. The Balaban J connectivity index is 1.87. The van der Waals surface area contributed by atoms with Crippen LogP contribution in [-0.4, -0.2) is 22.8 Å². The fourth-order valence-corrected chi connectivity index (χ4v) is 3.48. The minimum atomic E-state index is -0.467. The number of aryl methyl sites for hydroxylation is 1. The maximum Gasteiger partial charge on any atom is 0.283 e. The minimum Gasteiger partial charge on any atom is -0.459 e. The maximum atomic E-state index is 12.6. The van der Waals surface area contributed by atoms with E-state index in [1.54, 1.807) is 14.0 Å². The molecule has 0 N–H and O–H groups in total. The van der Waals surface area contributed by atoms with Crippen molar-refractivity contribution in [2.45, 2.75) is 19.9 Å². The van der Waals surface area contributed by atoms with Crippen LogP contribution in [0, 0.1) is 17.0 Å². The molecule has 1 atom stereocenters. The molecule has 24 heavy (non-hydrogen) atoms. The zero-order valence-electron chi connectivity index (χ0n) is 13.5. The van der Waals surface area contributed by atoms with Crippen LogP contribution in [-0.2, 0) is 0 Å². The Hall–Kier alpha value is -2.67. The Kier molecular flexibility index (Phi) is 4.11. The van der Waals surface area contributed by atoms with Gasteiger partial charge in [-0.1, -0.05) is 18.2 Å². The maximum absolute atomic E-state index is 12.6. The zero-order chi connectivity index (χ0) is 17.4. The van der Waals surface area contributed by atoms with Gasteiger partial charge in [-0.15, -0.1) is 11.3 Å². The summed E-state index contributed by atoms with van der Waals surface area (Å²) >= 11 is 1.13. The van der Waals surface area contributed by atoms with Crippen LogP contribution in [0.25, 0.3) is 11.0 Å². The van der Waals surface area contributed by atoms with Gasteiger partial charge in [0.15, 0.2) is 0 Å². The van der Waals surface area contributed by atoms with Crippen LogP contribution in [0.4, 0.5) is 5.69 Å². The number of benzene rings is 1. The number of carbonyl (C=O) groups excluding carboxylic acids is 1. The summed E-state index contributed by atoms with van der Waals surface area (Å²) < 4.78 is 5.81. The van der Waals surface area contributed by atoms with Crippen LogP contribution in [0.5, 0.6) is 0 Å². The fraction of sp³-hybridized carbons (Fsp3) is 0.235. The van der Waals surface area contributed by atoms with E-state index in [0.29, 0.717) is 15.5 Å². The van der Waals surface area contributed by atoms with Gasteiger partial charge < -0.3 is 9.32 Å². The Morgan fingerprint density at radius 2 is 2.04 bits per heavy atom. The van der Waals surface area contributed by atoms with Gasteiger partial charge in [0, 0.05) is 18.5 Å². The molecule has 0 radical (unpaired) electrons.